The van der Waals surface area contributed by atoms with Gasteiger partial charge in [-0.05, 0) is 50.7 Å². The molecule has 138 valence electrons. The molecule has 24 heavy (non-hydrogen) atoms. The van der Waals surface area contributed by atoms with Crippen LogP contribution in [0, 0.1) is 5.92 Å². The van der Waals surface area contributed by atoms with Crippen LogP contribution in [-0.4, -0.2) is 58.3 Å². The van der Waals surface area contributed by atoms with E-state index in [9.17, 15) is 0 Å². The summed E-state index contributed by atoms with van der Waals surface area (Å²) in [7, 11) is 6.04. The Labute approximate surface area is 167 Å². The van der Waals surface area contributed by atoms with Crippen LogP contribution in [0.2, 0.25) is 0 Å². The molecule has 0 amide bonds. The lowest BCUT2D eigenvalue weighted by molar-refractivity contribution is 0.123. The Balaban J connectivity index is 0.00000288. The monoisotopic (exact) mass is 466 g/mol. The zero-order chi connectivity index (χ0) is 16.5. The number of likely N-dealkylation sites (N-methyl/N-ethyl adjacent to an activating group) is 1. The molecule has 1 aromatic heterocycles. The van der Waals surface area contributed by atoms with Crippen molar-refractivity contribution in [2.75, 3.05) is 47.4 Å². The fraction of sp³-hybridized carbons (Fsp3) is 0.706. The van der Waals surface area contributed by atoms with Crippen LogP contribution < -0.4 is 10.6 Å². The molecule has 0 radical (unpaired) electrons. The number of halogens is 1. The van der Waals surface area contributed by atoms with Gasteiger partial charge in [0.1, 0.15) is 0 Å². The number of hydrogen-bond donors (Lipinski definition) is 2. The summed E-state index contributed by atoms with van der Waals surface area (Å²) in [6.07, 6.45) is 3.72. The summed E-state index contributed by atoms with van der Waals surface area (Å²) in [5.41, 5.74) is 0. The summed E-state index contributed by atoms with van der Waals surface area (Å²) in [5, 5.41) is 8.90. The summed E-state index contributed by atoms with van der Waals surface area (Å²) in [5.74, 6) is 1.70. The molecule has 5 nitrogen and oxygen atoms in total. The maximum absolute atomic E-state index is 5.65. The third kappa shape index (κ3) is 8.13. The van der Waals surface area contributed by atoms with Crippen molar-refractivity contribution < 1.29 is 4.74 Å². The van der Waals surface area contributed by atoms with E-state index in [-0.39, 0.29) is 24.0 Å². The molecular formula is C17H31IN4OS. The van der Waals surface area contributed by atoms with E-state index in [1.165, 1.54) is 17.7 Å². The number of nitrogens with zero attached hydrogens (tertiary/aromatic N) is 2. The number of rotatable bonds is 10. The normalized spacial score (nSPS) is 15.9. The summed E-state index contributed by atoms with van der Waals surface area (Å²) in [4.78, 5) is 7.90. The topological polar surface area (TPSA) is 48.9 Å². The highest BCUT2D eigenvalue weighted by Crippen LogP contribution is 2.28. The Morgan fingerprint density at radius 1 is 1.42 bits per heavy atom. The van der Waals surface area contributed by atoms with E-state index < -0.39 is 0 Å². The van der Waals surface area contributed by atoms with Gasteiger partial charge in [-0.2, -0.15) is 0 Å². The number of aliphatic imine (C=N–C) groups is 1. The van der Waals surface area contributed by atoms with Crippen molar-refractivity contribution in [2.24, 2.45) is 10.9 Å². The Morgan fingerprint density at radius 2 is 2.21 bits per heavy atom. The van der Waals surface area contributed by atoms with Crippen LogP contribution in [0.1, 0.15) is 30.2 Å². The Morgan fingerprint density at radius 3 is 2.79 bits per heavy atom. The third-order valence-corrected chi connectivity index (χ3v) is 4.96. The molecule has 2 N–H and O–H groups in total. The third-order valence-electron chi connectivity index (χ3n) is 3.99. The molecule has 1 fully saturated rings. The zero-order valence-electron chi connectivity index (χ0n) is 15.0. The molecule has 0 aliphatic heterocycles. The van der Waals surface area contributed by atoms with E-state index in [4.69, 9.17) is 4.74 Å². The summed E-state index contributed by atoms with van der Waals surface area (Å²) >= 11 is 1.79. The van der Waals surface area contributed by atoms with E-state index in [1.807, 2.05) is 7.05 Å². The van der Waals surface area contributed by atoms with Gasteiger partial charge in [-0.1, -0.05) is 6.07 Å². The van der Waals surface area contributed by atoms with Crippen molar-refractivity contribution in [1.29, 1.82) is 0 Å². The predicted octanol–water partition coefficient (Wildman–Crippen LogP) is 2.95. The Hall–Kier alpha value is -0.380. The minimum Gasteiger partial charge on any atom is -0.381 e. The second kappa shape index (κ2) is 12.1. The van der Waals surface area contributed by atoms with Gasteiger partial charge in [-0.25, -0.2) is 0 Å². The van der Waals surface area contributed by atoms with E-state index >= 15 is 0 Å². The summed E-state index contributed by atoms with van der Waals surface area (Å²) < 4.78 is 5.65. The van der Waals surface area contributed by atoms with Crippen LogP contribution in [0.3, 0.4) is 0 Å². The predicted molar refractivity (Wildman–Crippen MR) is 114 cm³/mol. The van der Waals surface area contributed by atoms with Crippen LogP contribution >= 0.6 is 35.3 Å². The van der Waals surface area contributed by atoms with Gasteiger partial charge in [0.15, 0.2) is 5.96 Å². The smallest absolute Gasteiger partial charge is 0.191 e. The Kier molecular flexibility index (Phi) is 10.9. The van der Waals surface area contributed by atoms with Gasteiger partial charge in [-0.15, -0.1) is 35.3 Å². The Bertz CT molecular complexity index is 463. The lowest BCUT2D eigenvalue weighted by atomic mass is 10.2. The molecule has 0 saturated heterocycles. The molecule has 1 aromatic rings. The lowest BCUT2D eigenvalue weighted by Gasteiger charge is -2.24. The minimum absolute atomic E-state index is 0. The largest absolute Gasteiger partial charge is 0.381 e. The first-order valence-corrected chi connectivity index (χ1v) is 9.30. The molecular weight excluding hydrogens is 435 g/mol. The fourth-order valence-electron chi connectivity index (χ4n) is 2.35. The zero-order valence-corrected chi connectivity index (χ0v) is 18.1. The SMILES string of the molecule is CN=C(NCCCOCC1CC1)NCC(c1cccs1)N(C)C.I. The van der Waals surface area contributed by atoms with Crippen LogP contribution in [0.5, 0.6) is 0 Å². The fourth-order valence-corrected chi connectivity index (χ4v) is 3.27. The van der Waals surface area contributed by atoms with E-state index in [1.54, 1.807) is 11.3 Å². The standard InChI is InChI=1S/C17H30N4OS.HI/c1-18-17(19-9-5-10-22-13-14-7-8-14)20-12-15(21(2)3)16-6-4-11-23-16;/h4,6,11,14-15H,5,7-10,12-13H2,1-3H3,(H2,18,19,20);1H. The molecule has 0 spiro atoms. The van der Waals surface area contributed by atoms with Crippen molar-refractivity contribution in [3.05, 3.63) is 22.4 Å². The summed E-state index contributed by atoms with van der Waals surface area (Å²) in [6.45, 7) is 3.50. The first-order valence-electron chi connectivity index (χ1n) is 8.42. The van der Waals surface area contributed by atoms with Crippen molar-refractivity contribution in [2.45, 2.75) is 25.3 Å². The number of guanidine groups is 1. The lowest BCUT2D eigenvalue weighted by Crippen LogP contribution is -2.42. The average molecular weight is 466 g/mol. The second-order valence-corrected chi connectivity index (χ2v) is 7.23. The second-order valence-electron chi connectivity index (χ2n) is 6.25. The summed E-state index contributed by atoms with van der Waals surface area (Å²) in [6, 6.07) is 4.64. The molecule has 0 aromatic carbocycles. The van der Waals surface area contributed by atoms with Gasteiger partial charge in [0.25, 0.3) is 0 Å². The van der Waals surface area contributed by atoms with Crippen LogP contribution in [0.25, 0.3) is 0 Å². The van der Waals surface area contributed by atoms with Crippen molar-refractivity contribution in [3.8, 4) is 0 Å². The van der Waals surface area contributed by atoms with Crippen molar-refractivity contribution in [1.82, 2.24) is 15.5 Å². The number of nitrogens with one attached hydrogen (secondary N) is 2. The number of hydrogen-bond acceptors (Lipinski definition) is 4. The maximum Gasteiger partial charge on any atom is 0.191 e. The minimum atomic E-state index is 0. The highest BCUT2D eigenvalue weighted by atomic mass is 127. The van der Waals surface area contributed by atoms with E-state index in [2.05, 4.69) is 52.1 Å². The van der Waals surface area contributed by atoms with Crippen LogP contribution in [0.4, 0.5) is 0 Å². The molecule has 1 aliphatic carbocycles. The molecule has 7 heteroatoms. The van der Waals surface area contributed by atoms with Crippen molar-refractivity contribution in [3.63, 3.8) is 0 Å². The molecule has 1 atom stereocenters. The highest BCUT2D eigenvalue weighted by Gasteiger charge is 2.20. The van der Waals surface area contributed by atoms with E-state index in [0.717, 1.165) is 44.6 Å². The quantitative estimate of drug-likeness (QED) is 0.241. The van der Waals surface area contributed by atoms with Gasteiger partial charge in [0.2, 0.25) is 0 Å². The molecule has 1 unspecified atom stereocenters. The maximum atomic E-state index is 5.65. The molecule has 1 aliphatic rings. The first-order chi connectivity index (χ1) is 11.2. The highest BCUT2D eigenvalue weighted by molar-refractivity contribution is 14.0. The van der Waals surface area contributed by atoms with Crippen LogP contribution in [-0.2, 0) is 4.74 Å². The molecule has 2 rings (SSSR count). The number of thiophene rings is 1. The molecule has 1 heterocycles. The van der Waals surface area contributed by atoms with Gasteiger partial charge in [-0.3, -0.25) is 4.99 Å². The molecule has 1 saturated carbocycles. The average Bonchev–Trinajstić information content (AvgIpc) is 3.21. The van der Waals surface area contributed by atoms with Crippen LogP contribution in [0.15, 0.2) is 22.5 Å². The van der Waals surface area contributed by atoms with Gasteiger partial charge in [0.05, 0.1) is 6.04 Å². The molecule has 0 bridgehead atoms. The van der Waals surface area contributed by atoms with Crippen molar-refractivity contribution >= 4 is 41.3 Å². The van der Waals surface area contributed by atoms with E-state index in [0.29, 0.717) is 6.04 Å². The number of ether oxygens (including phenoxy) is 1. The van der Waals surface area contributed by atoms with Gasteiger partial charge in [0, 0.05) is 38.2 Å². The van der Waals surface area contributed by atoms with Gasteiger partial charge < -0.3 is 20.3 Å². The first kappa shape index (κ1) is 21.7. The van der Waals surface area contributed by atoms with Gasteiger partial charge >= 0.3 is 0 Å².